The van der Waals surface area contributed by atoms with Crippen molar-refractivity contribution < 1.29 is 4.74 Å². The van der Waals surface area contributed by atoms with Crippen LogP contribution in [0, 0.1) is 0 Å². The third-order valence-corrected chi connectivity index (χ3v) is 3.92. The lowest BCUT2D eigenvalue weighted by molar-refractivity contribution is 0.340. The molecule has 20 heavy (non-hydrogen) atoms. The predicted molar refractivity (Wildman–Crippen MR) is 86.2 cm³/mol. The number of ether oxygens (including phenoxy) is 1. The van der Waals surface area contributed by atoms with Gasteiger partial charge < -0.3 is 4.74 Å². The number of hydrogen-bond acceptors (Lipinski definition) is 3. The highest BCUT2D eigenvalue weighted by Crippen LogP contribution is 2.23. The molecule has 0 radical (unpaired) electrons. The minimum Gasteiger partial charge on any atom is -0.494 e. The van der Waals surface area contributed by atoms with E-state index >= 15 is 0 Å². The normalized spacial score (nSPS) is 11.2. The van der Waals surface area contributed by atoms with Crippen molar-refractivity contribution in [1.29, 1.82) is 0 Å². The van der Waals surface area contributed by atoms with Gasteiger partial charge in [0.1, 0.15) is 10.8 Å². The zero-order valence-electron chi connectivity index (χ0n) is 11.2. The molecular formula is C17H15NOS. The van der Waals surface area contributed by atoms with Crippen LogP contribution < -0.4 is 4.74 Å². The fraction of sp³-hybridized carbons (Fsp3) is 0.118. The van der Waals surface area contributed by atoms with Crippen LogP contribution >= 0.6 is 11.3 Å². The maximum atomic E-state index is 5.43. The average molecular weight is 281 g/mol. The zero-order valence-corrected chi connectivity index (χ0v) is 12.1. The minimum absolute atomic E-state index is 0.695. The van der Waals surface area contributed by atoms with E-state index in [1.165, 1.54) is 4.70 Å². The summed E-state index contributed by atoms with van der Waals surface area (Å²) in [5, 5.41) is 1.03. The van der Waals surface area contributed by atoms with Crippen LogP contribution in [-0.4, -0.2) is 11.6 Å². The highest BCUT2D eigenvalue weighted by molar-refractivity contribution is 7.19. The third kappa shape index (κ3) is 2.89. The monoisotopic (exact) mass is 281 g/mol. The first-order valence-corrected chi connectivity index (χ1v) is 7.43. The summed E-state index contributed by atoms with van der Waals surface area (Å²) in [6.07, 6.45) is 4.13. The summed E-state index contributed by atoms with van der Waals surface area (Å²) in [6.45, 7) is 2.68. The number of thiazole rings is 1. The summed E-state index contributed by atoms with van der Waals surface area (Å²) in [7, 11) is 0. The van der Waals surface area contributed by atoms with Crippen LogP contribution in [-0.2, 0) is 0 Å². The van der Waals surface area contributed by atoms with Crippen LogP contribution in [0.4, 0.5) is 0 Å². The van der Waals surface area contributed by atoms with E-state index in [0.717, 1.165) is 21.8 Å². The summed E-state index contributed by atoms with van der Waals surface area (Å²) in [5.74, 6) is 0.907. The summed E-state index contributed by atoms with van der Waals surface area (Å²) in [6, 6.07) is 16.3. The first kappa shape index (κ1) is 12.9. The Hall–Kier alpha value is -2.13. The molecule has 0 spiro atoms. The molecule has 3 rings (SSSR count). The van der Waals surface area contributed by atoms with Crippen LogP contribution in [0.5, 0.6) is 5.75 Å². The molecule has 0 atom stereocenters. The molecule has 0 bridgehead atoms. The number of fused-ring (bicyclic) bond motifs is 1. The summed E-state index contributed by atoms with van der Waals surface area (Å²) >= 11 is 1.71. The Morgan fingerprint density at radius 2 is 1.85 bits per heavy atom. The number of hydrogen-bond donors (Lipinski definition) is 0. The Labute approximate surface area is 122 Å². The Morgan fingerprint density at radius 1 is 1.05 bits per heavy atom. The molecule has 3 aromatic rings. The topological polar surface area (TPSA) is 22.1 Å². The van der Waals surface area contributed by atoms with Gasteiger partial charge in [0.05, 0.1) is 16.8 Å². The van der Waals surface area contributed by atoms with Gasteiger partial charge >= 0.3 is 0 Å². The SMILES string of the molecule is CCOc1ccc(C=Cc2nc3ccccc3s2)cc1. The number of rotatable bonds is 4. The van der Waals surface area contributed by atoms with Gasteiger partial charge in [-0.3, -0.25) is 0 Å². The van der Waals surface area contributed by atoms with E-state index in [9.17, 15) is 0 Å². The lowest BCUT2D eigenvalue weighted by Crippen LogP contribution is -1.90. The standard InChI is InChI=1S/C17H15NOS/c1-2-19-14-10-7-13(8-11-14)9-12-17-18-15-5-3-4-6-16(15)20-17/h3-12H,2H2,1H3. The van der Waals surface area contributed by atoms with Crippen LogP contribution in [0.15, 0.2) is 48.5 Å². The second kappa shape index (κ2) is 5.88. The van der Waals surface area contributed by atoms with Gasteiger partial charge in [0.2, 0.25) is 0 Å². The van der Waals surface area contributed by atoms with Crippen molar-refractivity contribution in [2.45, 2.75) is 6.92 Å². The van der Waals surface area contributed by atoms with Gasteiger partial charge in [-0.15, -0.1) is 11.3 Å². The van der Waals surface area contributed by atoms with E-state index in [4.69, 9.17) is 4.74 Å². The minimum atomic E-state index is 0.695. The van der Waals surface area contributed by atoms with Crippen molar-refractivity contribution in [1.82, 2.24) is 4.98 Å². The van der Waals surface area contributed by atoms with Crippen LogP contribution in [0.25, 0.3) is 22.4 Å². The first-order chi connectivity index (χ1) is 9.85. The van der Waals surface area contributed by atoms with E-state index < -0.39 is 0 Å². The number of aromatic nitrogens is 1. The average Bonchev–Trinajstić information content (AvgIpc) is 2.90. The zero-order chi connectivity index (χ0) is 13.8. The quantitative estimate of drug-likeness (QED) is 0.681. The van der Waals surface area contributed by atoms with Crippen molar-refractivity contribution in [3.8, 4) is 5.75 Å². The van der Waals surface area contributed by atoms with Crippen molar-refractivity contribution in [3.05, 3.63) is 59.1 Å². The molecule has 1 heterocycles. The maximum Gasteiger partial charge on any atom is 0.119 e. The van der Waals surface area contributed by atoms with Gasteiger partial charge in [0, 0.05) is 0 Å². The van der Waals surface area contributed by atoms with Crippen molar-refractivity contribution in [2.75, 3.05) is 6.61 Å². The van der Waals surface area contributed by atoms with Crippen molar-refractivity contribution in [2.24, 2.45) is 0 Å². The van der Waals surface area contributed by atoms with Gasteiger partial charge in [0.15, 0.2) is 0 Å². The highest BCUT2D eigenvalue weighted by atomic mass is 32.1. The predicted octanol–water partition coefficient (Wildman–Crippen LogP) is 4.87. The molecular weight excluding hydrogens is 266 g/mol. The maximum absolute atomic E-state index is 5.43. The van der Waals surface area contributed by atoms with E-state index in [-0.39, 0.29) is 0 Å². The largest absolute Gasteiger partial charge is 0.494 e. The van der Waals surface area contributed by atoms with Gasteiger partial charge in [-0.05, 0) is 42.8 Å². The van der Waals surface area contributed by atoms with Gasteiger partial charge in [-0.2, -0.15) is 0 Å². The molecule has 0 amide bonds. The fourth-order valence-corrected chi connectivity index (χ4v) is 2.84. The molecule has 2 nitrogen and oxygen atoms in total. The van der Waals surface area contributed by atoms with E-state index in [2.05, 4.69) is 35.3 Å². The molecule has 0 saturated carbocycles. The Bertz CT molecular complexity index is 695. The molecule has 1 aromatic heterocycles. The lowest BCUT2D eigenvalue weighted by Gasteiger charge is -2.01. The van der Waals surface area contributed by atoms with Crippen LogP contribution in [0.1, 0.15) is 17.5 Å². The van der Waals surface area contributed by atoms with Gasteiger partial charge in [-0.25, -0.2) is 4.98 Å². The Kier molecular flexibility index (Phi) is 3.79. The van der Waals surface area contributed by atoms with E-state index in [1.54, 1.807) is 11.3 Å². The summed E-state index contributed by atoms with van der Waals surface area (Å²) < 4.78 is 6.65. The number of benzene rings is 2. The lowest BCUT2D eigenvalue weighted by atomic mass is 10.2. The molecule has 0 aliphatic rings. The first-order valence-electron chi connectivity index (χ1n) is 6.61. The summed E-state index contributed by atoms with van der Waals surface area (Å²) in [4.78, 5) is 4.58. The Balaban J connectivity index is 1.79. The van der Waals surface area contributed by atoms with Crippen molar-refractivity contribution >= 4 is 33.7 Å². The smallest absolute Gasteiger partial charge is 0.119 e. The molecule has 0 fully saturated rings. The number of para-hydroxylation sites is 1. The van der Waals surface area contributed by atoms with Crippen LogP contribution in [0.2, 0.25) is 0 Å². The second-order valence-electron chi connectivity index (χ2n) is 4.36. The van der Waals surface area contributed by atoms with E-state index in [1.807, 2.05) is 37.3 Å². The van der Waals surface area contributed by atoms with Gasteiger partial charge in [0.25, 0.3) is 0 Å². The van der Waals surface area contributed by atoms with Crippen molar-refractivity contribution in [3.63, 3.8) is 0 Å². The second-order valence-corrected chi connectivity index (χ2v) is 5.42. The molecule has 0 unspecified atom stereocenters. The fourth-order valence-electron chi connectivity index (χ4n) is 1.97. The molecule has 0 saturated heterocycles. The number of nitrogens with zero attached hydrogens (tertiary/aromatic N) is 1. The molecule has 0 aliphatic carbocycles. The van der Waals surface area contributed by atoms with Gasteiger partial charge in [-0.1, -0.05) is 30.3 Å². The highest BCUT2D eigenvalue weighted by Gasteiger charge is 1.99. The molecule has 3 heteroatoms. The molecule has 100 valence electrons. The third-order valence-electron chi connectivity index (χ3n) is 2.92. The Morgan fingerprint density at radius 3 is 2.60 bits per heavy atom. The summed E-state index contributed by atoms with van der Waals surface area (Å²) in [5.41, 5.74) is 2.21. The molecule has 2 aromatic carbocycles. The van der Waals surface area contributed by atoms with Crippen LogP contribution in [0.3, 0.4) is 0 Å². The molecule has 0 aliphatic heterocycles. The van der Waals surface area contributed by atoms with E-state index in [0.29, 0.717) is 6.61 Å². The molecule has 0 N–H and O–H groups in total.